The highest BCUT2D eigenvalue weighted by molar-refractivity contribution is 6.30. The van der Waals surface area contributed by atoms with Crippen LogP contribution in [0.1, 0.15) is 119 Å². The number of hydrogen-bond acceptors (Lipinski definition) is 15. The van der Waals surface area contributed by atoms with Crippen molar-refractivity contribution in [1.82, 2.24) is 60.9 Å². The van der Waals surface area contributed by atoms with E-state index in [-0.39, 0.29) is 36.0 Å². The van der Waals surface area contributed by atoms with Crippen molar-refractivity contribution in [3.8, 4) is 5.75 Å². The van der Waals surface area contributed by atoms with Gasteiger partial charge in [0.2, 0.25) is 70.9 Å². The van der Waals surface area contributed by atoms with E-state index in [2.05, 4.69) is 26.6 Å². The average Bonchev–Trinajstić information content (AvgIpc) is 0.817. The van der Waals surface area contributed by atoms with Gasteiger partial charge in [-0.15, -0.1) is 0 Å². The number of nitrogens with zero attached hydrogens (tertiary/aromatic N) is 7. The minimum Gasteiger partial charge on any atom is -0.491 e. The minimum absolute atomic E-state index is 0.0485. The quantitative estimate of drug-likeness (QED) is 0.127. The van der Waals surface area contributed by atoms with Crippen LogP contribution in [-0.2, 0) is 75.1 Å². The van der Waals surface area contributed by atoms with Gasteiger partial charge in [-0.1, -0.05) is 120 Å². The van der Waals surface area contributed by atoms with Crippen LogP contribution in [0.4, 0.5) is 0 Å². The van der Waals surface area contributed by atoms with E-state index in [1.807, 2.05) is 13.8 Å². The van der Waals surface area contributed by atoms with E-state index < -0.39 is 181 Å². The van der Waals surface area contributed by atoms with Crippen molar-refractivity contribution in [2.45, 2.75) is 193 Å². The van der Waals surface area contributed by atoms with Crippen molar-refractivity contribution in [3.05, 3.63) is 101 Å². The molecule has 5 rings (SSSR count). The van der Waals surface area contributed by atoms with Crippen LogP contribution in [0.15, 0.2) is 84.9 Å². The van der Waals surface area contributed by atoms with E-state index in [9.17, 15) is 38.7 Å². The first-order valence-corrected chi connectivity index (χ1v) is 35.4. The summed E-state index contributed by atoms with van der Waals surface area (Å²) in [5, 5.41) is 25.2. The van der Waals surface area contributed by atoms with Gasteiger partial charge in [0.25, 0.3) is 0 Å². The van der Waals surface area contributed by atoms with E-state index in [1.165, 1.54) is 72.0 Å². The number of halogens is 1. The predicted molar refractivity (Wildman–Crippen MR) is 385 cm³/mol. The summed E-state index contributed by atoms with van der Waals surface area (Å²) in [6, 6.07) is 9.16. The number of piperidine rings is 1. The maximum absolute atomic E-state index is 15.5. The summed E-state index contributed by atoms with van der Waals surface area (Å²) in [5.41, 5.74) is 0.340. The molecule has 2 aliphatic heterocycles. The van der Waals surface area contributed by atoms with Crippen molar-refractivity contribution in [2.75, 3.05) is 75.1 Å². The zero-order valence-electron chi connectivity index (χ0n) is 62.3. The van der Waals surface area contributed by atoms with Crippen molar-refractivity contribution >= 4 is 82.5 Å². The lowest BCUT2D eigenvalue weighted by Gasteiger charge is -2.38. The summed E-state index contributed by atoms with van der Waals surface area (Å²) in [7, 11) is 8.05. The number of benzene rings is 3. The number of rotatable bonds is 15. The molecule has 2 aliphatic rings. The molecule has 102 heavy (non-hydrogen) atoms. The SMILES string of the molecule is CC(C)C[C@H]1C(=O)N[C@@H](COC(C)(C)C)C(=O)N(C)[C@@H](Cc2ccccc2)C(=O)N(C)[C@@H](C(C)C)C(=O)N[C@H](C(=O)N2CCCCC2)CC(=O)N[C@H](C)C(=O)N(C)[C@@H](Cc2ccccc2)C(=O)NC(COc2cccc(Cl)c2)C(=O)N(C)[C@@H](C(C)C)C(=O)N[C@@H]([C@@H](C)O)C(=O)N(C)CC(=O)N1C. The lowest BCUT2D eigenvalue weighted by atomic mass is 9.97. The molecule has 562 valence electrons. The molecule has 12 amide bonds. The van der Waals surface area contributed by atoms with Crippen molar-refractivity contribution in [3.63, 3.8) is 0 Å². The Morgan fingerprint density at radius 2 is 1.06 bits per heavy atom. The number of aliphatic hydroxyl groups excluding tert-OH is 1. The number of nitrogens with one attached hydrogen (secondary N) is 5. The van der Waals surface area contributed by atoms with Crippen molar-refractivity contribution < 1.29 is 72.1 Å². The molecule has 1 unspecified atom stereocenters. The summed E-state index contributed by atoms with van der Waals surface area (Å²) in [6.45, 7) is 17.1. The van der Waals surface area contributed by atoms with E-state index >= 15 is 24.0 Å². The lowest BCUT2D eigenvalue weighted by Crippen LogP contribution is -2.63. The van der Waals surface area contributed by atoms with Gasteiger partial charge in [-0.3, -0.25) is 57.5 Å². The van der Waals surface area contributed by atoms with E-state index in [0.29, 0.717) is 37.1 Å². The van der Waals surface area contributed by atoms with E-state index in [4.69, 9.17) is 21.1 Å². The smallest absolute Gasteiger partial charge is 0.249 e. The zero-order valence-corrected chi connectivity index (χ0v) is 63.1. The summed E-state index contributed by atoms with van der Waals surface area (Å²) in [6.07, 6.45) is -0.295. The van der Waals surface area contributed by atoms with Gasteiger partial charge >= 0.3 is 0 Å². The molecule has 3 aromatic carbocycles. The largest absolute Gasteiger partial charge is 0.491 e. The number of likely N-dealkylation sites (N-methyl/N-ethyl adjacent to an activating group) is 6. The molecule has 0 bridgehead atoms. The van der Waals surface area contributed by atoms with Gasteiger partial charge in [-0.25, -0.2) is 0 Å². The Bertz CT molecular complexity index is 3380. The third-order valence-electron chi connectivity index (χ3n) is 18.3. The molecule has 3 aromatic rings. The van der Waals surface area contributed by atoms with Crippen LogP contribution in [0.5, 0.6) is 5.75 Å². The summed E-state index contributed by atoms with van der Waals surface area (Å²) >= 11 is 6.33. The fourth-order valence-electron chi connectivity index (χ4n) is 12.5. The normalized spacial score (nSPS) is 24.7. The molecular weight excluding hydrogens is 1330 g/mol. The number of carbonyl (C=O) groups excluding carboxylic acids is 12. The van der Waals surface area contributed by atoms with Gasteiger partial charge in [0.05, 0.1) is 31.3 Å². The van der Waals surface area contributed by atoms with Gasteiger partial charge in [0.15, 0.2) is 0 Å². The van der Waals surface area contributed by atoms with Crippen LogP contribution in [0.3, 0.4) is 0 Å². The summed E-state index contributed by atoms with van der Waals surface area (Å²) < 4.78 is 12.3. The second-order valence-corrected chi connectivity index (χ2v) is 29.3. The highest BCUT2D eigenvalue weighted by Crippen LogP contribution is 2.24. The van der Waals surface area contributed by atoms with Crippen LogP contribution in [0, 0.1) is 17.8 Å². The maximum atomic E-state index is 15.5. The minimum atomic E-state index is -1.72. The third-order valence-corrected chi connectivity index (χ3v) is 18.5. The van der Waals surface area contributed by atoms with Gasteiger partial charge in [0, 0.05) is 73.2 Å². The molecular formula is C74H109ClN12O15. The lowest BCUT2D eigenvalue weighted by molar-refractivity contribution is -0.152. The van der Waals surface area contributed by atoms with Gasteiger partial charge < -0.3 is 75.5 Å². The van der Waals surface area contributed by atoms with Gasteiger partial charge in [-0.05, 0) is 107 Å². The third kappa shape index (κ3) is 24.0. The number of hydrogen-bond donors (Lipinski definition) is 6. The van der Waals surface area contributed by atoms with Crippen LogP contribution in [0.25, 0.3) is 0 Å². The zero-order chi connectivity index (χ0) is 76.2. The highest BCUT2D eigenvalue weighted by atomic mass is 35.5. The summed E-state index contributed by atoms with van der Waals surface area (Å²) in [5.74, 6) is -11.0. The molecule has 2 heterocycles. The first kappa shape index (κ1) is 84.0. The molecule has 0 aliphatic carbocycles. The van der Waals surface area contributed by atoms with Crippen molar-refractivity contribution in [2.24, 2.45) is 17.8 Å². The number of ether oxygens (including phenoxy) is 2. The Balaban J connectivity index is 1.68. The maximum Gasteiger partial charge on any atom is 0.249 e. The van der Waals surface area contributed by atoms with Crippen LogP contribution in [0.2, 0.25) is 5.02 Å². The second kappa shape index (κ2) is 38.5. The number of carbonyl (C=O) groups is 12. The van der Waals surface area contributed by atoms with E-state index in [0.717, 1.165) is 26.0 Å². The topological polar surface area (TPSA) is 326 Å². The Morgan fingerprint density at radius 3 is 1.58 bits per heavy atom. The molecule has 0 aromatic heterocycles. The highest BCUT2D eigenvalue weighted by Gasteiger charge is 2.44. The number of likely N-dealkylation sites (tertiary alicyclic amines) is 1. The Kier molecular flexibility index (Phi) is 31.7. The molecule has 2 fully saturated rings. The molecule has 0 saturated carbocycles. The second-order valence-electron chi connectivity index (χ2n) is 28.9. The first-order valence-electron chi connectivity index (χ1n) is 35.0. The van der Waals surface area contributed by atoms with Crippen LogP contribution >= 0.6 is 11.6 Å². The van der Waals surface area contributed by atoms with Gasteiger partial charge in [0.1, 0.15) is 72.8 Å². The first-order chi connectivity index (χ1) is 47.8. The predicted octanol–water partition coefficient (Wildman–Crippen LogP) is 3.21. The van der Waals surface area contributed by atoms with Gasteiger partial charge in [-0.2, -0.15) is 0 Å². The summed E-state index contributed by atoms with van der Waals surface area (Å²) in [4.78, 5) is 187. The Labute approximate surface area is 605 Å². The van der Waals surface area contributed by atoms with Crippen molar-refractivity contribution in [1.29, 1.82) is 0 Å². The molecule has 0 spiro atoms. The fraction of sp³-hybridized carbons (Fsp3) is 0.595. The monoisotopic (exact) mass is 1440 g/mol. The van der Waals surface area contributed by atoms with E-state index in [1.54, 1.807) is 132 Å². The number of amides is 12. The molecule has 0 radical (unpaired) electrons. The Hall–Kier alpha value is -8.69. The molecule has 11 atom stereocenters. The standard InChI is InChI=1S/C74H109ClN12O15/c1-44(2)36-56-64(91)79-55(43-102-74(9,10)11)69(96)84(15)58(38-50-30-23-19-24-31-50)72(99)86(17)62(45(3)4)66(93)77-53(71(98)87-34-25-20-26-35-87)40-59(89)76-47(7)68(95)83(14)57(37-49-28-21-18-22-29-49)65(92)78-54(42-101-52-33-27-32-51(75)39-52)70(97)85(16)63(46(5)6)67(94)80-61(48(8)88)73(100)81(12)41-60(90)82(56)13/h18-19,21-24,27-33,39,44-48,53-58,61-63,88H,20,25-26,34-38,40-43H2,1-17H3,(H,76,89)(H,77,93)(H,78,92)(H,79,91)(H,80,94)/t47-,48-,53+,54?,55+,56+,57+,58+,61+,62+,63+/m1/s1. The molecule has 27 nitrogen and oxygen atoms in total. The molecule has 28 heteroatoms. The van der Waals surface area contributed by atoms with Crippen LogP contribution < -0.4 is 31.3 Å². The fourth-order valence-corrected chi connectivity index (χ4v) is 12.7. The average molecular weight is 1440 g/mol. The Morgan fingerprint density at radius 1 is 0.559 bits per heavy atom. The number of aliphatic hydroxyl groups is 1. The van der Waals surface area contributed by atoms with Crippen LogP contribution in [-0.4, -0.2) is 258 Å². The molecule has 6 N–H and O–H groups in total. The molecule has 2 saturated heterocycles.